The van der Waals surface area contributed by atoms with Gasteiger partial charge in [-0.05, 0) is 18.2 Å². The van der Waals surface area contributed by atoms with Gasteiger partial charge in [0.05, 0.1) is 5.69 Å². The van der Waals surface area contributed by atoms with Crippen LogP contribution in [0.4, 0.5) is 14.9 Å². The Morgan fingerprint density at radius 1 is 1.47 bits per heavy atom. The number of hydrogen-bond donors (Lipinski definition) is 4. The summed E-state index contributed by atoms with van der Waals surface area (Å²) in [6, 6.07) is 2.78. The first-order valence-electron chi connectivity index (χ1n) is 3.88. The fourth-order valence-corrected chi connectivity index (χ4v) is 0.966. The Morgan fingerprint density at radius 2 is 2.13 bits per heavy atom. The molecular formula is C8H9FN4O2. The zero-order chi connectivity index (χ0) is 11.4. The number of benzene rings is 1. The van der Waals surface area contributed by atoms with Crippen LogP contribution in [0.15, 0.2) is 23.4 Å². The van der Waals surface area contributed by atoms with Crippen LogP contribution in [-0.4, -0.2) is 17.1 Å². The van der Waals surface area contributed by atoms with Gasteiger partial charge < -0.3 is 22.0 Å². The van der Waals surface area contributed by atoms with Crippen molar-refractivity contribution in [2.24, 2.45) is 16.6 Å². The van der Waals surface area contributed by atoms with Gasteiger partial charge in [0, 0.05) is 5.56 Å². The van der Waals surface area contributed by atoms with E-state index < -0.39 is 11.8 Å². The van der Waals surface area contributed by atoms with Crippen LogP contribution in [-0.2, 0) is 0 Å². The van der Waals surface area contributed by atoms with E-state index in [2.05, 4.69) is 10.5 Å². The van der Waals surface area contributed by atoms with Crippen LogP contribution in [0.2, 0.25) is 0 Å². The summed E-state index contributed by atoms with van der Waals surface area (Å²) in [5.41, 5.74) is 10.2. The molecule has 80 valence electrons. The molecule has 0 radical (unpaired) electrons. The van der Waals surface area contributed by atoms with E-state index in [1.54, 1.807) is 0 Å². The maximum Gasteiger partial charge on any atom is 0.316 e. The number of anilines is 1. The van der Waals surface area contributed by atoms with E-state index in [1.165, 1.54) is 12.1 Å². The second kappa shape index (κ2) is 4.27. The van der Waals surface area contributed by atoms with E-state index in [9.17, 15) is 9.18 Å². The Bertz CT molecular complexity index is 419. The maximum atomic E-state index is 13.2. The van der Waals surface area contributed by atoms with Gasteiger partial charge in [-0.1, -0.05) is 5.16 Å². The molecule has 2 amide bonds. The lowest BCUT2D eigenvalue weighted by atomic mass is 10.2. The third-order valence-corrected chi connectivity index (χ3v) is 1.63. The Hall–Kier alpha value is -2.31. The molecule has 0 saturated carbocycles. The molecule has 0 aliphatic rings. The maximum absolute atomic E-state index is 13.2. The first kappa shape index (κ1) is 10.8. The molecule has 6 nitrogen and oxygen atoms in total. The summed E-state index contributed by atoms with van der Waals surface area (Å²) in [5.74, 6) is -0.947. The number of carbonyl (C=O) groups is 1. The summed E-state index contributed by atoms with van der Waals surface area (Å²) in [7, 11) is 0. The van der Waals surface area contributed by atoms with Gasteiger partial charge in [0.15, 0.2) is 5.84 Å². The highest BCUT2D eigenvalue weighted by Gasteiger charge is 2.07. The molecule has 7 heteroatoms. The van der Waals surface area contributed by atoms with Gasteiger partial charge in [0.1, 0.15) is 5.82 Å². The topological polar surface area (TPSA) is 114 Å². The molecule has 15 heavy (non-hydrogen) atoms. The first-order valence-corrected chi connectivity index (χ1v) is 3.88. The highest BCUT2D eigenvalue weighted by molar-refractivity contribution is 5.97. The fraction of sp³-hybridized carbons (Fsp3) is 0. The van der Waals surface area contributed by atoms with Gasteiger partial charge in [-0.25, -0.2) is 9.18 Å². The van der Waals surface area contributed by atoms with Crippen LogP contribution in [0.3, 0.4) is 0 Å². The third kappa shape index (κ3) is 2.56. The van der Waals surface area contributed by atoms with Crippen LogP contribution in [0.1, 0.15) is 5.56 Å². The van der Waals surface area contributed by atoms with Gasteiger partial charge in [-0.15, -0.1) is 0 Å². The number of urea groups is 1. The highest BCUT2D eigenvalue weighted by atomic mass is 19.1. The summed E-state index contributed by atoms with van der Waals surface area (Å²) in [5, 5.41) is 13.1. The summed E-state index contributed by atoms with van der Waals surface area (Å²) in [6.45, 7) is 0. The third-order valence-electron chi connectivity index (χ3n) is 1.63. The van der Waals surface area contributed by atoms with Crippen LogP contribution < -0.4 is 16.8 Å². The van der Waals surface area contributed by atoms with E-state index in [1.807, 2.05) is 0 Å². The van der Waals surface area contributed by atoms with Gasteiger partial charge in [-0.2, -0.15) is 0 Å². The molecule has 0 aromatic heterocycles. The molecule has 0 aliphatic heterocycles. The zero-order valence-corrected chi connectivity index (χ0v) is 7.57. The van der Waals surface area contributed by atoms with Crippen LogP contribution >= 0.6 is 0 Å². The second-order valence-corrected chi connectivity index (χ2v) is 2.67. The van der Waals surface area contributed by atoms with Crippen molar-refractivity contribution in [2.45, 2.75) is 0 Å². The quantitative estimate of drug-likeness (QED) is 0.246. The number of oxime groups is 1. The number of nitrogens with one attached hydrogen (secondary N) is 1. The molecule has 0 spiro atoms. The van der Waals surface area contributed by atoms with E-state index in [0.717, 1.165) is 6.07 Å². The monoisotopic (exact) mass is 212 g/mol. The molecule has 0 bridgehead atoms. The number of nitrogens with two attached hydrogens (primary N) is 2. The average molecular weight is 212 g/mol. The number of hydrogen-bond acceptors (Lipinski definition) is 3. The summed E-state index contributed by atoms with van der Waals surface area (Å²) in [4.78, 5) is 10.5. The van der Waals surface area contributed by atoms with Crippen molar-refractivity contribution in [3.63, 3.8) is 0 Å². The fourth-order valence-electron chi connectivity index (χ4n) is 0.966. The van der Waals surface area contributed by atoms with E-state index >= 15 is 0 Å². The Morgan fingerprint density at radius 3 is 2.60 bits per heavy atom. The van der Waals surface area contributed by atoms with Crippen LogP contribution in [0.5, 0.6) is 0 Å². The number of amides is 2. The number of halogens is 1. The predicted molar refractivity (Wildman–Crippen MR) is 52.1 cm³/mol. The molecule has 1 aromatic carbocycles. The Labute approximate surface area is 84.4 Å². The highest BCUT2D eigenvalue weighted by Crippen LogP contribution is 2.15. The molecular weight excluding hydrogens is 203 g/mol. The standard InChI is InChI=1S/C8H9FN4O2/c9-5-3-4(7(10)13-15)1-2-6(5)12-8(11)14/h1-3,15H,(H2,10,13)(H3,11,12,14). The summed E-state index contributed by atoms with van der Waals surface area (Å²) < 4.78 is 13.2. The van der Waals surface area contributed by atoms with Crippen molar-refractivity contribution in [1.29, 1.82) is 0 Å². The normalized spacial score (nSPS) is 11.1. The number of amidine groups is 1. The average Bonchev–Trinajstić information content (AvgIpc) is 2.19. The predicted octanol–water partition coefficient (Wildman–Crippen LogP) is 0.411. The van der Waals surface area contributed by atoms with Crippen molar-refractivity contribution >= 4 is 17.6 Å². The number of carbonyl (C=O) groups excluding carboxylic acids is 1. The van der Waals surface area contributed by atoms with Crippen LogP contribution in [0, 0.1) is 5.82 Å². The molecule has 6 N–H and O–H groups in total. The zero-order valence-electron chi connectivity index (χ0n) is 7.57. The van der Waals surface area contributed by atoms with Gasteiger partial charge in [0.25, 0.3) is 0 Å². The van der Waals surface area contributed by atoms with Gasteiger partial charge >= 0.3 is 6.03 Å². The van der Waals surface area contributed by atoms with Gasteiger partial charge in [-0.3, -0.25) is 0 Å². The molecule has 0 atom stereocenters. The summed E-state index contributed by atoms with van der Waals surface area (Å²) >= 11 is 0. The Kier molecular flexibility index (Phi) is 3.06. The summed E-state index contributed by atoms with van der Waals surface area (Å²) in [6.07, 6.45) is 0. The lowest BCUT2D eigenvalue weighted by Crippen LogP contribution is -2.20. The van der Waals surface area contributed by atoms with Crippen molar-refractivity contribution in [3.05, 3.63) is 29.6 Å². The Balaban J connectivity index is 3.03. The van der Waals surface area contributed by atoms with Crippen molar-refractivity contribution < 1.29 is 14.4 Å². The van der Waals surface area contributed by atoms with Crippen molar-refractivity contribution in [1.82, 2.24) is 0 Å². The van der Waals surface area contributed by atoms with E-state index in [4.69, 9.17) is 16.7 Å². The smallest absolute Gasteiger partial charge is 0.316 e. The minimum Gasteiger partial charge on any atom is -0.409 e. The number of rotatable bonds is 2. The van der Waals surface area contributed by atoms with Crippen molar-refractivity contribution in [2.75, 3.05) is 5.32 Å². The second-order valence-electron chi connectivity index (χ2n) is 2.67. The first-order chi connectivity index (χ1) is 7.04. The largest absolute Gasteiger partial charge is 0.409 e. The molecule has 1 rings (SSSR count). The molecule has 0 aliphatic carbocycles. The molecule has 0 fully saturated rings. The van der Waals surface area contributed by atoms with Crippen molar-refractivity contribution in [3.8, 4) is 0 Å². The minimum absolute atomic E-state index is 0.0722. The lowest BCUT2D eigenvalue weighted by molar-refractivity contribution is 0.259. The number of primary amides is 1. The molecule has 0 heterocycles. The van der Waals surface area contributed by atoms with Gasteiger partial charge in [0.2, 0.25) is 0 Å². The lowest BCUT2D eigenvalue weighted by Gasteiger charge is -2.04. The molecule has 1 aromatic rings. The van der Waals surface area contributed by atoms with Crippen LogP contribution in [0.25, 0.3) is 0 Å². The molecule has 0 saturated heterocycles. The van der Waals surface area contributed by atoms with E-state index in [-0.39, 0.29) is 17.1 Å². The van der Waals surface area contributed by atoms with E-state index in [0.29, 0.717) is 0 Å². The minimum atomic E-state index is -0.870. The number of nitrogens with zero attached hydrogens (tertiary/aromatic N) is 1. The SMILES string of the molecule is NC(=O)Nc1ccc(/C(N)=N/O)cc1F. The molecule has 0 unspecified atom stereocenters.